The second-order valence-corrected chi connectivity index (χ2v) is 6.21. The average Bonchev–Trinajstić information content (AvgIpc) is 2.55. The Bertz CT molecular complexity index is 1080. The Kier molecular flexibility index (Phi) is 4.11. The topological polar surface area (TPSA) is 81.3 Å². The van der Waals surface area contributed by atoms with Crippen LogP contribution < -0.4 is 11.2 Å². The lowest BCUT2D eigenvalue weighted by molar-refractivity contribution is -0.137. The van der Waals surface area contributed by atoms with Gasteiger partial charge < -0.3 is 5.11 Å². The molecule has 0 fully saturated rings. The summed E-state index contributed by atoms with van der Waals surface area (Å²) in [6, 6.07) is 11.6. The average molecular weight is 389 g/mol. The maximum absolute atomic E-state index is 12.8. The zero-order chi connectivity index (χ0) is 17.4. The Morgan fingerprint density at radius 2 is 1.88 bits per heavy atom. The Hall–Kier alpha value is -2.67. The zero-order valence-electron chi connectivity index (χ0n) is 12.7. The van der Waals surface area contributed by atoms with Gasteiger partial charge in [0, 0.05) is 4.47 Å². The van der Waals surface area contributed by atoms with Crippen LogP contribution in [0.25, 0.3) is 16.6 Å². The van der Waals surface area contributed by atoms with Crippen molar-refractivity contribution in [2.24, 2.45) is 0 Å². The Morgan fingerprint density at radius 1 is 1.17 bits per heavy atom. The van der Waals surface area contributed by atoms with Crippen molar-refractivity contribution in [3.05, 3.63) is 73.3 Å². The van der Waals surface area contributed by atoms with Crippen LogP contribution in [0, 0.1) is 6.92 Å². The molecule has 0 bridgehead atoms. The molecule has 0 amide bonds. The molecule has 0 aliphatic heterocycles. The standard InChI is InChI=1S/C17H13BrN2O4/c1-10-8-11(6-7-13(10)18)20-16(23)12-4-2-3-5-14(12)19(17(20)24)9-15(21)22/h2-8H,9H2,1H3,(H,21,22). The van der Waals surface area contributed by atoms with Gasteiger partial charge in [0.05, 0.1) is 16.6 Å². The van der Waals surface area contributed by atoms with E-state index in [-0.39, 0.29) is 0 Å². The van der Waals surface area contributed by atoms with E-state index >= 15 is 0 Å². The molecule has 0 saturated heterocycles. The van der Waals surface area contributed by atoms with E-state index in [1.807, 2.05) is 6.92 Å². The van der Waals surface area contributed by atoms with E-state index in [1.165, 1.54) is 0 Å². The third-order valence-electron chi connectivity index (χ3n) is 3.74. The molecule has 0 unspecified atom stereocenters. The number of hydrogen-bond acceptors (Lipinski definition) is 3. The summed E-state index contributed by atoms with van der Waals surface area (Å²) >= 11 is 3.38. The molecular formula is C17H13BrN2O4. The fourth-order valence-electron chi connectivity index (χ4n) is 2.60. The predicted molar refractivity (Wildman–Crippen MR) is 93.9 cm³/mol. The predicted octanol–water partition coefficient (Wildman–Crippen LogP) is 2.31. The van der Waals surface area contributed by atoms with E-state index in [2.05, 4.69) is 15.9 Å². The van der Waals surface area contributed by atoms with E-state index in [9.17, 15) is 14.4 Å². The van der Waals surface area contributed by atoms with Crippen LogP contribution in [-0.4, -0.2) is 20.2 Å². The summed E-state index contributed by atoms with van der Waals surface area (Å²) in [5, 5.41) is 9.40. The van der Waals surface area contributed by atoms with Crippen LogP contribution >= 0.6 is 15.9 Å². The number of hydrogen-bond donors (Lipinski definition) is 1. The van der Waals surface area contributed by atoms with Crippen LogP contribution in [0.2, 0.25) is 0 Å². The largest absolute Gasteiger partial charge is 0.480 e. The van der Waals surface area contributed by atoms with Gasteiger partial charge in [0.1, 0.15) is 6.54 Å². The van der Waals surface area contributed by atoms with Gasteiger partial charge >= 0.3 is 11.7 Å². The number of fused-ring (bicyclic) bond motifs is 1. The summed E-state index contributed by atoms with van der Waals surface area (Å²) in [4.78, 5) is 36.7. The number of aromatic nitrogens is 2. The molecule has 0 spiro atoms. The summed E-state index contributed by atoms with van der Waals surface area (Å²) in [6.45, 7) is 1.32. The number of carbonyl (C=O) groups is 1. The first-order chi connectivity index (χ1) is 11.4. The highest BCUT2D eigenvalue weighted by Crippen LogP contribution is 2.18. The Morgan fingerprint density at radius 3 is 2.54 bits per heavy atom. The van der Waals surface area contributed by atoms with Crippen molar-refractivity contribution in [2.45, 2.75) is 13.5 Å². The number of carboxylic acid groups (broad SMARTS) is 1. The molecule has 0 aliphatic carbocycles. The van der Waals surface area contributed by atoms with Crippen molar-refractivity contribution in [3.8, 4) is 5.69 Å². The van der Waals surface area contributed by atoms with Crippen LogP contribution in [0.1, 0.15) is 5.56 Å². The second kappa shape index (κ2) is 6.09. The van der Waals surface area contributed by atoms with Gasteiger partial charge in [0.2, 0.25) is 0 Å². The minimum absolute atomic E-state index is 0.291. The number of halogens is 1. The monoisotopic (exact) mass is 388 g/mol. The van der Waals surface area contributed by atoms with E-state index in [4.69, 9.17) is 5.11 Å². The molecular weight excluding hydrogens is 376 g/mol. The van der Waals surface area contributed by atoms with Gasteiger partial charge in [0.15, 0.2) is 0 Å². The highest BCUT2D eigenvalue weighted by Gasteiger charge is 2.16. The number of carboxylic acids is 1. The fourth-order valence-corrected chi connectivity index (χ4v) is 2.85. The van der Waals surface area contributed by atoms with Crippen LogP contribution in [0.15, 0.2) is 56.5 Å². The van der Waals surface area contributed by atoms with Gasteiger partial charge in [-0.1, -0.05) is 28.1 Å². The van der Waals surface area contributed by atoms with Crippen LogP contribution in [-0.2, 0) is 11.3 Å². The lowest BCUT2D eigenvalue weighted by Crippen LogP contribution is -2.40. The van der Waals surface area contributed by atoms with Gasteiger partial charge in [0.25, 0.3) is 5.56 Å². The molecule has 0 saturated carbocycles. The third-order valence-corrected chi connectivity index (χ3v) is 4.63. The first-order valence-corrected chi connectivity index (χ1v) is 7.92. The van der Waals surface area contributed by atoms with E-state index < -0.39 is 23.8 Å². The summed E-state index contributed by atoms with van der Waals surface area (Å²) in [5.41, 5.74) is 0.411. The van der Waals surface area contributed by atoms with Gasteiger partial charge in [-0.25, -0.2) is 9.36 Å². The van der Waals surface area contributed by atoms with Crippen LogP contribution in [0.4, 0.5) is 0 Å². The number of nitrogens with zero attached hydrogens (tertiary/aromatic N) is 2. The van der Waals surface area contributed by atoms with Gasteiger partial charge in [-0.2, -0.15) is 0 Å². The van der Waals surface area contributed by atoms with E-state index in [0.717, 1.165) is 19.2 Å². The SMILES string of the molecule is Cc1cc(-n2c(=O)c3ccccc3n(CC(=O)O)c2=O)ccc1Br. The van der Waals surface area contributed by atoms with Gasteiger partial charge in [-0.05, 0) is 42.8 Å². The van der Waals surface area contributed by atoms with Gasteiger partial charge in [-0.3, -0.25) is 14.2 Å². The minimum Gasteiger partial charge on any atom is -0.480 e. The molecule has 7 heteroatoms. The molecule has 0 radical (unpaired) electrons. The van der Waals surface area contributed by atoms with E-state index in [1.54, 1.807) is 42.5 Å². The molecule has 0 aliphatic rings. The molecule has 122 valence electrons. The second-order valence-electron chi connectivity index (χ2n) is 5.35. The zero-order valence-corrected chi connectivity index (χ0v) is 14.3. The molecule has 24 heavy (non-hydrogen) atoms. The quantitative estimate of drug-likeness (QED) is 0.746. The lowest BCUT2D eigenvalue weighted by atomic mass is 10.2. The number of aryl methyl sites for hydroxylation is 1. The highest BCUT2D eigenvalue weighted by atomic mass is 79.9. The molecule has 1 heterocycles. The fraction of sp³-hybridized carbons (Fsp3) is 0.118. The summed E-state index contributed by atoms with van der Waals surface area (Å²) in [6.07, 6.45) is 0. The number of rotatable bonds is 3. The third kappa shape index (κ3) is 2.67. The lowest BCUT2D eigenvalue weighted by Gasteiger charge is -2.13. The summed E-state index contributed by atoms with van der Waals surface area (Å²) < 4.78 is 2.95. The van der Waals surface area contributed by atoms with Crippen molar-refractivity contribution < 1.29 is 9.90 Å². The van der Waals surface area contributed by atoms with E-state index in [0.29, 0.717) is 16.6 Å². The molecule has 1 N–H and O–H groups in total. The van der Waals surface area contributed by atoms with Crippen molar-refractivity contribution >= 4 is 32.8 Å². The Balaban J connectivity index is 2.44. The van der Waals surface area contributed by atoms with Crippen molar-refractivity contribution in [3.63, 3.8) is 0 Å². The number of para-hydroxylation sites is 1. The molecule has 3 rings (SSSR count). The van der Waals surface area contributed by atoms with Crippen LogP contribution in [0.3, 0.4) is 0 Å². The first-order valence-electron chi connectivity index (χ1n) is 7.13. The molecule has 3 aromatic rings. The Labute approximate surface area is 144 Å². The molecule has 6 nitrogen and oxygen atoms in total. The smallest absolute Gasteiger partial charge is 0.336 e. The normalized spacial score (nSPS) is 10.9. The molecule has 1 aromatic heterocycles. The maximum atomic E-state index is 12.8. The first kappa shape index (κ1) is 16.2. The van der Waals surface area contributed by atoms with Crippen molar-refractivity contribution in [2.75, 3.05) is 0 Å². The molecule has 2 aromatic carbocycles. The maximum Gasteiger partial charge on any atom is 0.336 e. The minimum atomic E-state index is -1.15. The highest BCUT2D eigenvalue weighted by molar-refractivity contribution is 9.10. The number of aliphatic carboxylic acids is 1. The molecule has 0 atom stereocenters. The van der Waals surface area contributed by atoms with Gasteiger partial charge in [-0.15, -0.1) is 0 Å². The number of benzene rings is 2. The van der Waals surface area contributed by atoms with Crippen LogP contribution in [0.5, 0.6) is 0 Å². The van der Waals surface area contributed by atoms with Crippen molar-refractivity contribution in [1.29, 1.82) is 0 Å². The summed E-state index contributed by atoms with van der Waals surface area (Å²) in [7, 11) is 0. The van der Waals surface area contributed by atoms with Crippen molar-refractivity contribution in [1.82, 2.24) is 9.13 Å². The summed E-state index contributed by atoms with van der Waals surface area (Å²) in [5.74, 6) is -1.15.